The van der Waals surface area contributed by atoms with Gasteiger partial charge >= 0.3 is 11.5 Å². The molecule has 0 aliphatic rings. The van der Waals surface area contributed by atoms with E-state index in [1.165, 1.54) is 24.3 Å². The molecule has 2 aromatic rings. The van der Waals surface area contributed by atoms with Crippen LogP contribution >= 0.6 is 0 Å². The predicted molar refractivity (Wildman–Crippen MR) is 85.8 cm³/mol. The second kappa shape index (κ2) is 8.00. The first-order chi connectivity index (χ1) is 11.5. The largest absolute Gasteiger partial charge is 0.357 e. The Morgan fingerprint density at radius 1 is 1.33 bits per heavy atom. The van der Waals surface area contributed by atoms with Gasteiger partial charge in [-0.05, 0) is 30.7 Å². The minimum atomic E-state index is -0.495. The van der Waals surface area contributed by atoms with Crippen LogP contribution in [0.1, 0.15) is 12.5 Å². The van der Waals surface area contributed by atoms with Crippen molar-refractivity contribution in [2.24, 2.45) is 0 Å². The number of nitro groups is 1. The molecule has 0 saturated heterocycles. The number of H-pyrrole nitrogens is 1. The van der Waals surface area contributed by atoms with Crippen molar-refractivity contribution >= 4 is 17.4 Å². The first-order valence-electron chi connectivity index (χ1n) is 7.42. The molecular weight excluding hydrogens is 315 g/mol. The van der Waals surface area contributed by atoms with Crippen molar-refractivity contribution < 1.29 is 19.1 Å². The lowest BCUT2D eigenvalue weighted by molar-refractivity contribution is -0.411. The molecule has 0 bridgehead atoms. The molecule has 126 valence electrons. The summed E-state index contributed by atoms with van der Waals surface area (Å²) in [4.78, 5) is 27.1. The van der Waals surface area contributed by atoms with E-state index in [0.29, 0.717) is 6.54 Å². The molecule has 0 unspecified atom stereocenters. The molecule has 8 heteroatoms. The van der Waals surface area contributed by atoms with Crippen LogP contribution in [0.2, 0.25) is 0 Å². The summed E-state index contributed by atoms with van der Waals surface area (Å²) in [6.07, 6.45) is 1.57. The maximum absolute atomic E-state index is 12.8. The Morgan fingerprint density at radius 3 is 2.67 bits per heavy atom. The third-order valence-electron chi connectivity index (χ3n) is 3.45. The van der Waals surface area contributed by atoms with Crippen LogP contribution in [0.4, 0.5) is 15.9 Å². The number of nitrogens with zero attached hydrogens (tertiary/aromatic N) is 2. The number of aromatic nitrogens is 1. The standard InChI is InChI=1S/C16H17FN4O3/c1-2-20(16-14(21(23)24)4-3-9-18-16)11-15(22)19-10-12-5-7-13(17)8-6-12/h3-9H,2,10-11H2,1H3,(H,19,22)/p+1. The maximum Gasteiger partial charge on any atom is 0.357 e. The fourth-order valence-electron chi connectivity index (χ4n) is 2.20. The Hall–Kier alpha value is -3.03. The molecule has 1 amide bonds. The highest BCUT2D eigenvalue weighted by atomic mass is 19.1. The molecule has 1 heterocycles. The molecule has 0 aliphatic carbocycles. The summed E-state index contributed by atoms with van der Waals surface area (Å²) in [5, 5.41) is 13.8. The van der Waals surface area contributed by atoms with Crippen molar-refractivity contribution in [1.29, 1.82) is 0 Å². The number of benzene rings is 1. The van der Waals surface area contributed by atoms with E-state index in [0.717, 1.165) is 5.56 Å². The molecule has 1 aromatic carbocycles. The van der Waals surface area contributed by atoms with E-state index >= 15 is 0 Å². The van der Waals surface area contributed by atoms with Crippen molar-refractivity contribution in [3.05, 3.63) is 64.1 Å². The van der Waals surface area contributed by atoms with Gasteiger partial charge in [-0.2, -0.15) is 0 Å². The number of aromatic amines is 1. The molecule has 0 aliphatic heterocycles. The molecule has 1 aromatic heterocycles. The normalized spacial score (nSPS) is 10.2. The third-order valence-corrected chi connectivity index (χ3v) is 3.45. The number of nitrogens with one attached hydrogen (secondary N) is 2. The van der Waals surface area contributed by atoms with Crippen molar-refractivity contribution in [1.82, 2.24) is 5.32 Å². The number of rotatable bonds is 7. The van der Waals surface area contributed by atoms with E-state index in [1.54, 1.807) is 30.2 Å². The zero-order valence-corrected chi connectivity index (χ0v) is 13.2. The van der Waals surface area contributed by atoms with Crippen molar-refractivity contribution in [3.8, 4) is 0 Å². The highest BCUT2D eigenvalue weighted by molar-refractivity contribution is 5.81. The van der Waals surface area contributed by atoms with Gasteiger partial charge in [0, 0.05) is 12.6 Å². The maximum atomic E-state index is 12.8. The number of halogens is 1. The van der Waals surface area contributed by atoms with Crippen LogP contribution in [0.5, 0.6) is 0 Å². The molecule has 0 saturated carbocycles. The molecule has 0 atom stereocenters. The summed E-state index contributed by atoms with van der Waals surface area (Å²) in [5.74, 6) is -0.344. The monoisotopic (exact) mass is 333 g/mol. The number of carbonyl (C=O) groups is 1. The molecule has 7 nitrogen and oxygen atoms in total. The highest BCUT2D eigenvalue weighted by Crippen LogP contribution is 2.21. The summed E-state index contributed by atoms with van der Waals surface area (Å²) in [6.45, 7) is 2.46. The first-order valence-corrected chi connectivity index (χ1v) is 7.42. The second-order valence-corrected chi connectivity index (χ2v) is 5.08. The zero-order chi connectivity index (χ0) is 17.5. The van der Waals surface area contributed by atoms with E-state index in [-0.39, 0.29) is 36.3 Å². The number of hydrogen-bond donors (Lipinski definition) is 1. The van der Waals surface area contributed by atoms with Crippen molar-refractivity contribution in [2.75, 3.05) is 18.0 Å². The molecule has 24 heavy (non-hydrogen) atoms. The Kier molecular flexibility index (Phi) is 5.78. The number of carbonyl (C=O) groups excluding carboxylic acids is 1. The van der Waals surface area contributed by atoms with Crippen molar-refractivity contribution in [3.63, 3.8) is 0 Å². The van der Waals surface area contributed by atoms with Gasteiger partial charge in [-0.3, -0.25) is 14.9 Å². The fraction of sp³-hybridized carbons (Fsp3) is 0.250. The Morgan fingerprint density at radius 2 is 2.04 bits per heavy atom. The minimum absolute atomic E-state index is 0.0287. The minimum Gasteiger partial charge on any atom is -0.349 e. The van der Waals surface area contributed by atoms with Gasteiger partial charge in [-0.25, -0.2) is 14.3 Å². The average Bonchev–Trinajstić information content (AvgIpc) is 2.59. The average molecular weight is 333 g/mol. The van der Waals surface area contributed by atoms with E-state index in [4.69, 9.17) is 0 Å². The Balaban J connectivity index is 2.01. The van der Waals surface area contributed by atoms with Crippen LogP contribution in [0.3, 0.4) is 0 Å². The van der Waals surface area contributed by atoms with Crippen LogP contribution in [-0.2, 0) is 11.3 Å². The first kappa shape index (κ1) is 17.3. The molecule has 2 N–H and O–H groups in total. The van der Waals surface area contributed by atoms with Gasteiger partial charge in [-0.1, -0.05) is 12.1 Å². The summed E-state index contributed by atoms with van der Waals surface area (Å²) in [6, 6.07) is 8.73. The van der Waals surface area contributed by atoms with E-state index in [1.807, 2.05) is 0 Å². The van der Waals surface area contributed by atoms with Crippen LogP contribution in [0, 0.1) is 15.9 Å². The summed E-state index contributed by atoms with van der Waals surface area (Å²) in [5.41, 5.74) is 0.677. The SMILES string of the molecule is CCN(CC(=O)NCc1ccc(F)cc1)c1[nH+]cccc1[N+](=O)[O-]. The van der Waals surface area contributed by atoms with Gasteiger partial charge in [-0.15, -0.1) is 0 Å². The topological polar surface area (TPSA) is 89.6 Å². The number of amides is 1. The summed E-state index contributed by atoms with van der Waals surface area (Å²) >= 11 is 0. The fourth-order valence-corrected chi connectivity index (χ4v) is 2.20. The third kappa shape index (κ3) is 4.48. The lowest BCUT2D eigenvalue weighted by atomic mass is 10.2. The van der Waals surface area contributed by atoms with Crippen molar-refractivity contribution in [2.45, 2.75) is 13.5 Å². The molecule has 0 spiro atoms. The quantitative estimate of drug-likeness (QED) is 0.617. The van der Waals surface area contributed by atoms with Gasteiger partial charge in [0.1, 0.15) is 5.82 Å². The number of anilines is 1. The molecule has 0 radical (unpaired) electrons. The van der Waals surface area contributed by atoms with Gasteiger partial charge < -0.3 is 5.32 Å². The smallest absolute Gasteiger partial charge is 0.349 e. The van der Waals surface area contributed by atoms with Crippen LogP contribution in [0.15, 0.2) is 42.6 Å². The molecular formula is C16H18FN4O3+. The summed E-state index contributed by atoms with van der Waals surface area (Å²) in [7, 11) is 0. The van der Waals surface area contributed by atoms with E-state index in [2.05, 4.69) is 10.3 Å². The predicted octanol–water partition coefficient (Wildman–Crippen LogP) is 1.69. The lowest BCUT2D eigenvalue weighted by Crippen LogP contribution is -2.39. The van der Waals surface area contributed by atoms with Gasteiger partial charge in [0.15, 0.2) is 6.54 Å². The van der Waals surface area contributed by atoms with Crippen LogP contribution in [-0.4, -0.2) is 23.9 Å². The molecule has 2 rings (SSSR count). The molecule has 0 fully saturated rings. The van der Waals surface area contributed by atoms with Gasteiger partial charge in [0.2, 0.25) is 0 Å². The van der Waals surface area contributed by atoms with Crippen LogP contribution in [0.25, 0.3) is 0 Å². The van der Waals surface area contributed by atoms with Gasteiger partial charge in [0.25, 0.3) is 5.91 Å². The zero-order valence-electron chi connectivity index (χ0n) is 13.2. The number of hydrogen-bond acceptors (Lipinski definition) is 4. The Bertz CT molecular complexity index is 722. The second-order valence-electron chi connectivity index (χ2n) is 5.08. The van der Waals surface area contributed by atoms with E-state index in [9.17, 15) is 19.3 Å². The highest BCUT2D eigenvalue weighted by Gasteiger charge is 2.27. The Labute approximate surface area is 138 Å². The number of pyridine rings is 1. The van der Waals surface area contributed by atoms with E-state index < -0.39 is 4.92 Å². The summed E-state index contributed by atoms with van der Waals surface area (Å²) < 4.78 is 12.8. The van der Waals surface area contributed by atoms with Gasteiger partial charge in [0.05, 0.1) is 17.7 Å². The number of likely N-dealkylation sites (N-methyl/N-ethyl adjacent to an activating group) is 1. The van der Waals surface area contributed by atoms with Crippen LogP contribution < -0.4 is 15.2 Å². The lowest BCUT2D eigenvalue weighted by Gasteiger charge is -2.14.